The van der Waals surface area contributed by atoms with Crippen molar-refractivity contribution in [2.75, 3.05) is 18.8 Å². The van der Waals surface area contributed by atoms with Crippen molar-refractivity contribution in [3.05, 3.63) is 35.9 Å². The van der Waals surface area contributed by atoms with E-state index in [9.17, 15) is 18.0 Å². The van der Waals surface area contributed by atoms with E-state index < -0.39 is 33.1 Å². The number of nitrogens with zero attached hydrogens (tertiary/aromatic N) is 1. The van der Waals surface area contributed by atoms with E-state index >= 15 is 0 Å². The van der Waals surface area contributed by atoms with Gasteiger partial charge >= 0.3 is 12.1 Å². The van der Waals surface area contributed by atoms with Crippen LogP contribution >= 0.6 is 0 Å². The number of rotatable bonds is 4. The SMILES string of the molecule is O=C(O)C[C@@H]1CS(=O)(=O)[C@H]2CN(C(=O)OCc3ccccc3)C[C@@H]12. The molecule has 24 heavy (non-hydrogen) atoms. The molecule has 2 saturated heterocycles. The van der Waals surface area contributed by atoms with Gasteiger partial charge in [-0.15, -0.1) is 0 Å². The number of carbonyl (C=O) groups excluding carboxylic acids is 1. The topological polar surface area (TPSA) is 101 Å². The van der Waals surface area contributed by atoms with E-state index in [2.05, 4.69) is 0 Å². The molecule has 0 aromatic heterocycles. The molecule has 3 rings (SSSR count). The number of likely N-dealkylation sites (tertiary alicyclic amines) is 1. The van der Waals surface area contributed by atoms with Crippen LogP contribution in [0.2, 0.25) is 0 Å². The molecule has 1 aromatic carbocycles. The van der Waals surface area contributed by atoms with Crippen molar-refractivity contribution in [1.82, 2.24) is 4.90 Å². The van der Waals surface area contributed by atoms with E-state index in [1.165, 1.54) is 4.90 Å². The highest BCUT2D eigenvalue weighted by atomic mass is 32.2. The number of fused-ring (bicyclic) bond motifs is 1. The molecule has 1 N–H and O–H groups in total. The van der Waals surface area contributed by atoms with Gasteiger partial charge in [-0.1, -0.05) is 30.3 Å². The first-order valence-electron chi connectivity index (χ1n) is 7.76. The maximum absolute atomic E-state index is 12.2. The zero-order chi connectivity index (χ0) is 17.3. The van der Waals surface area contributed by atoms with E-state index in [0.717, 1.165) is 5.56 Å². The molecule has 1 aromatic rings. The number of sulfone groups is 1. The Bertz CT molecular complexity index is 732. The molecule has 0 unspecified atom stereocenters. The smallest absolute Gasteiger partial charge is 0.410 e. The lowest BCUT2D eigenvalue weighted by atomic mass is 9.91. The lowest BCUT2D eigenvalue weighted by molar-refractivity contribution is -0.138. The van der Waals surface area contributed by atoms with Crippen LogP contribution in [0.4, 0.5) is 4.79 Å². The summed E-state index contributed by atoms with van der Waals surface area (Å²) < 4.78 is 29.7. The number of ether oxygens (including phenoxy) is 1. The molecule has 7 nitrogen and oxygen atoms in total. The molecular weight excluding hydrogens is 334 g/mol. The van der Waals surface area contributed by atoms with Gasteiger partial charge in [0.2, 0.25) is 0 Å². The predicted molar refractivity (Wildman–Crippen MR) is 85.0 cm³/mol. The highest BCUT2D eigenvalue weighted by Crippen LogP contribution is 2.39. The van der Waals surface area contributed by atoms with E-state index in [1.807, 2.05) is 30.3 Å². The summed E-state index contributed by atoms with van der Waals surface area (Å²) in [4.78, 5) is 24.5. The first kappa shape index (κ1) is 16.8. The highest BCUT2D eigenvalue weighted by molar-refractivity contribution is 7.92. The molecule has 0 spiro atoms. The molecule has 2 fully saturated rings. The van der Waals surface area contributed by atoms with Crippen LogP contribution in [0.15, 0.2) is 30.3 Å². The number of aliphatic carboxylic acids is 1. The van der Waals surface area contributed by atoms with Crippen molar-refractivity contribution < 1.29 is 27.9 Å². The lowest BCUT2D eigenvalue weighted by Gasteiger charge is -2.19. The van der Waals surface area contributed by atoms with Crippen LogP contribution in [-0.2, 0) is 26.0 Å². The van der Waals surface area contributed by atoms with Crippen molar-refractivity contribution >= 4 is 21.9 Å². The number of hydrogen-bond donors (Lipinski definition) is 1. The standard InChI is InChI=1S/C16H19NO6S/c18-15(19)6-12-10-24(21,22)14-8-17(7-13(12)14)16(20)23-9-11-4-2-1-3-5-11/h1-5,12-14H,6-10H2,(H,18,19)/t12-,13+,14+/m1/s1. The Morgan fingerprint density at radius 1 is 1.21 bits per heavy atom. The molecule has 0 radical (unpaired) electrons. The third-order valence-electron chi connectivity index (χ3n) is 4.72. The van der Waals surface area contributed by atoms with Crippen LogP contribution in [0, 0.1) is 11.8 Å². The molecule has 0 saturated carbocycles. The Morgan fingerprint density at radius 3 is 2.58 bits per heavy atom. The second kappa shape index (κ2) is 6.43. The normalized spacial score (nSPS) is 27.7. The first-order chi connectivity index (χ1) is 11.4. The summed E-state index contributed by atoms with van der Waals surface area (Å²) in [5.74, 6) is -1.89. The Hall–Kier alpha value is -2.09. The summed E-state index contributed by atoms with van der Waals surface area (Å²) >= 11 is 0. The van der Waals surface area contributed by atoms with Gasteiger partial charge in [-0.3, -0.25) is 4.79 Å². The minimum Gasteiger partial charge on any atom is -0.481 e. The fourth-order valence-electron chi connectivity index (χ4n) is 3.57. The highest BCUT2D eigenvalue weighted by Gasteiger charge is 2.53. The van der Waals surface area contributed by atoms with Gasteiger partial charge < -0.3 is 14.7 Å². The second-order valence-corrected chi connectivity index (χ2v) is 8.60. The number of carboxylic acids is 1. The minimum atomic E-state index is -3.36. The summed E-state index contributed by atoms with van der Waals surface area (Å²) in [7, 11) is -3.36. The molecular formula is C16H19NO6S. The monoisotopic (exact) mass is 353 g/mol. The molecule has 8 heteroatoms. The molecule has 0 aliphatic carbocycles. The average molecular weight is 353 g/mol. The van der Waals surface area contributed by atoms with E-state index in [4.69, 9.17) is 9.84 Å². The zero-order valence-electron chi connectivity index (χ0n) is 13.0. The fraction of sp³-hybridized carbons (Fsp3) is 0.500. The third-order valence-corrected chi connectivity index (χ3v) is 7.04. The number of amides is 1. The molecule has 130 valence electrons. The van der Waals surface area contributed by atoms with Crippen LogP contribution in [-0.4, -0.2) is 54.6 Å². The maximum atomic E-state index is 12.2. The molecule has 1 amide bonds. The van der Waals surface area contributed by atoms with Crippen molar-refractivity contribution in [3.8, 4) is 0 Å². The first-order valence-corrected chi connectivity index (χ1v) is 9.47. The summed E-state index contributed by atoms with van der Waals surface area (Å²) in [6.45, 7) is 0.434. The summed E-state index contributed by atoms with van der Waals surface area (Å²) in [6.07, 6.45) is -0.745. The Balaban J connectivity index is 1.63. The van der Waals surface area contributed by atoms with Gasteiger partial charge in [0.25, 0.3) is 0 Å². The molecule has 2 heterocycles. The summed E-state index contributed by atoms with van der Waals surface area (Å²) in [5, 5.41) is 8.27. The van der Waals surface area contributed by atoms with Gasteiger partial charge in [-0.05, 0) is 17.4 Å². The zero-order valence-corrected chi connectivity index (χ0v) is 13.8. The fourth-order valence-corrected chi connectivity index (χ4v) is 6.03. The predicted octanol–water partition coefficient (Wildman–Crippen LogP) is 1.14. The number of benzene rings is 1. The Labute approximate surface area is 140 Å². The van der Waals surface area contributed by atoms with Crippen LogP contribution in [0.1, 0.15) is 12.0 Å². The van der Waals surface area contributed by atoms with E-state index in [0.29, 0.717) is 0 Å². The average Bonchev–Trinajstić information content (AvgIpc) is 3.06. The second-order valence-electron chi connectivity index (χ2n) is 6.33. The molecule has 3 atom stereocenters. The summed E-state index contributed by atoms with van der Waals surface area (Å²) in [6, 6.07) is 9.21. The largest absolute Gasteiger partial charge is 0.481 e. The van der Waals surface area contributed by atoms with Crippen LogP contribution in [0.5, 0.6) is 0 Å². The Kier molecular flexibility index (Phi) is 4.49. The maximum Gasteiger partial charge on any atom is 0.410 e. The van der Waals surface area contributed by atoms with Crippen LogP contribution < -0.4 is 0 Å². The number of carboxylic acid groups (broad SMARTS) is 1. The number of carbonyl (C=O) groups is 2. The Morgan fingerprint density at radius 2 is 1.92 bits per heavy atom. The molecule has 0 bridgehead atoms. The van der Waals surface area contributed by atoms with Crippen molar-refractivity contribution in [3.63, 3.8) is 0 Å². The number of hydrogen-bond acceptors (Lipinski definition) is 5. The minimum absolute atomic E-state index is 0.0801. The van der Waals surface area contributed by atoms with Gasteiger partial charge in [0.05, 0.1) is 11.0 Å². The quantitative estimate of drug-likeness (QED) is 0.871. The van der Waals surface area contributed by atoms with Gasteiger partial charge in [-0.2, -0.15) is 0 Å². The molecule has 2 aliphatic heterocycles. The van der Waals surface area contributed by atoms with Crippen molar-refractivity contribution in [1.29, 1.82) is 0 Å². The van der Waals surface area contributed by atoms with Gasteiger partial charge in [0.1, 0.15) is 6.61 Å². The molecule has 2 aliphatic rings. The lowest BCUT2D eigenvalue weighted by Crippen LogP contribution is -2.33. The van der Waals surface area contributed by atoms with Crippen molar-refractivity contribution in [2.45, 2.75) is 18.3 Å². The van der Waals surface area contributed by atoms with Crippen LogP contribution in [0.25, 0.3) is 0 Å². The van der Waals surface area contributed by atoms with Gasteiger partial charge in [-0.25, -0.2) is 13.2 Å². The van der Waals surface area contributed by atoms with Gasteiger partial charge in [0, 0.05) is 19.5 Å². The van der Waals surface area contributed by atoms with Crippen LogP contribution in [0.3, 0.4) is 0 Å². The van der Waals surface area contributed by atoms with E-state index in [1.54, 1.807) is 0 Å². The van der Waals surface area contributed by atoms with E-state index in [-0.39, 0.29) is 37.8 Å². The van der Waals surface area contributed by atoms with Gasteiger partial charge in [0.15, 0.2) is 9.84 Å². The summed E-state index contributed by atoms with van der Waals surface area (Å²) in [5.41, 5.74) is 0.849. The third kappa shape index (κ3) is 3.38. The van der Waals surface area contributed by atoms with Crippen molar-refractivity contribution in [2.24, 2.45) is 11.8 Å².